The van der Waals surface area contributed by atoms with E-state index in [9.17, 15) is 4.79 Å². The van der Waals surface area contributed by atoms with Crippen LogP contribution in [0.3, 0.4) is 0 Å². The van der Waals surface area contributed by atoms with Crippen molar-refractivity contribution in [2.75, 3.05) is 0 Å². The van der Waals surface area contributed by atoms with Crippen molar-refractivity contribution in [3.8, 4) is 5.88 Å². The molecule has 0 spiro atoms. The molecule has 0 atom stereocenters. The van der Waals surface area contributed by atoms with Gasteiger partial charge in [0.05, 0.1) is 5.69 Å². The van der Waals surface area contributed by atoms with Crippen LogP contribution in [0, 0.1) is 6.92 Å². The van der Waals surface area contributed by atoms with Crippen LogP contribution in [0.1, 0.15) is 31.4 Å². The lowest BCUT2D eigenvalue weighted by atomic mass is 9.96. The third-order valence-corrected chi connectivity index (χ3v) is 2.55. The average Bonchev–Trinajstić information content (AvgIpc) is 2.25. The molecule has 0 aromatic carbocycles. The molecule has 1 fully saturated rings. The zero-order chi connectivity index (χ0) is 10.7. The molecule has 0 aliphatic heterocycles. The molecule has 0 saturated heterocycles. The molecule has 4 nitrogen and oxygen atoms in total. The lowest BCUT2D eigenvalue weighted by molar-refractivity contribution is -0.121. The van der Waals surface area contributed by atoms with Gasteiger partial charge in [-0.1, -0.05) is 0 Å². The standard InChI is InChI=1S/C11H14N2O2/c1-8-2-7-11(13-12-8)15-10-5-3-9(14)4-6-10/h2,7,10H,3-6H2,1H3. The van der Waals surface area contributed by atoms with E-state index >= 15 is 0 Å². The molecule has 0 bridgehead atoms. The van der Waals surface area contributed by atoms with Gasteiger partial charge in [0.25, 0.3) is 0 Å². The summed E-state index contributed by atoms with van der Waals surface area (Å²) in [7, 11) is 0. The smallest absolute Gasteiger partial charge is 0.233 e. The summed E-state index contributed by atoms with van der Waals surface area (Å²) in [6.45, 7) is 1.88. The normalized spacial score (nSPS) is 17.8. The molecule has 1 heterocycles. The maximum atomic E-state index is 11.0. The number of aryl methyl sites for hydroxylation is 1. The van der Waals surface area contributed by atoms with Crippen LogP contribution < -0.4 is 4.74 Å². The highest BCUT2D eigenvalue weighted by atomic mass is 16.5. The first-order chi connectivity index (χ1) is 7.24. The molecule has 0 unspecified atom stereocenters. The van der Waals surface area contributed by atoms with Gasteiger partial charge in [-0.25, -0.2) is 0 Å². The molecule has 0 amide bonds. The van der Waals surface area contributed by atoms with Crippen molar-refractivity contribution >= 4 is 5.78 Å². The first-order valence-electron chi connectivity index (χ1n) is 5.23. The first kappa shape index (κ1) is 10.1. The van der Waals surface area contributed by atoms with Crippen molar-refractivity contribution in [2.45, 2.75) is 38.7 Å². The zero-order valence-corrected chi connectivity index (χ0v) is 8.77. The van der Waals surface area contributed by atoms with Crippen LogP contribution in [0.2, 0.25) is 0 Å². The molecular weight excluding hydrogens is 192 g/mol. The van der Waals surface area contributed by atoms with Gasteiger partial charge in [-0.15, -0.1) is 5.10 Å². The Balaban J connectivity index is 1.91. The first-order valence-corrected chi connectivity index (χ1v) is 5.23. The van der Waals surface area contributed by atoms with E-state index in [0.29, 0.717) is 24.5 Å². The van der Waals surface area contributed by atoms with E-state index in [1.54, 1.807) is 0 Å². The van der Waals surface area contributed by atoms with Gasteiger partial charge in [0, 0.05) is 18.9 Å². The number of carbonyl (C=O) groups is 1. The number of hydrogen-bond acceptors (Lipinski definition) is 4. The number of aromatic nitrogens is 2. The number of Topliss-reactive ketones (excluding diaryl/α,β-unsaturated/α-hetero) is 1. The summed E-state index contributed by atoms with van der Waals surface area (Å²) in [5, 5.41) is 7.85. The fourth-order valence-corrected chi connectivity index (χ4v) is 1.65. The Kier molecular flexibility index (Phi) is 2.94. The molecule has 0 radical (unpaired) electrons. The third kappa shape index (κ3) is 2.75. The second-order valence-electron chi connectivity index (χ2n) is 3.87. The highest BCUT2D eigenvalue weighted by Gasteiger charge is 2.20. The van der Waals surface area contributed by atoms with Crippen molar-refractivity contribution in [3.63, 3.8) is 0 Å². The summed E-state index contributed by atoms with van der Waals surface area (Å²) < 4.78 is 5.63. The molecule has 1 aliphatic carbocycles. The van der Waals surface area contributed by atoms with Gasteiger partial charge >= 0.3 is 0 Å². The van der Waals surface area contributed by atoms with E-state index in [4.69, 9.17) is 4.74 Å². The van der Waals surface area contributed by atoms with E-state index in [1.807, 2.05) is 19.1 Å². The SMILES string of the molecule is Cc1ccc(OC2CCC(=O)CC2)nn1. The fourth-order valence-electron chi connectivity index (χ4n) is 1.65. The summed E-state index contributed by atoms with van der Waals surface area (Å²) in [5.41, 5.74) is 0.876. The number of ether oxygens (including phenoxy) is 1. The molecule has 1 aromatic heterocycles. The van der Waals surface area contributed by atoms with Crippen LogP contribution in [0.25, 0.3) is 0 Å². The fraction of sp³-hybridized carbons (Fsp3) is 0.545. The Hall–Kier alpha value is -1.45. The Labute approximate surface area is 88.7 Å². The lowest BCUT2D eigenvalue weighted by Gasteiger charge is -2.21. The predicted molar refractivity (Wildman–Crippen MR) is 54.7 cm³/mol. The van der Waals surface area contributed by atoms with Gasteiger partial charge in [0.15, 0.2) is 0 Å². The minimum absolute atomic E-state index is 0.125. The topological polar surface area (TPSA) is 52.1 Å². The van der Waals surface area contributed by atoms with Crippen LogP contribution in [0.5, 0.6) is 5.88 Å². The van der Waals surface area contributed by atoms with E-state index in [1.165, 1.54) is 0 Å². The second-order valence-corrected chi connectivity index (χ2v) is 3.87. The maximum absolute atomic E-state index is 11.0. The van der Waals surface area contributed by atoms with Crippen molar-refractivity contribution in [1.82, 2.24) is 10.2 Å². The van der Waals surface area contributed by atoms with Gasteiger partial charge in [0.1, 0.15) is 11.9 Å². The van der Waals surface area contributed by atoms with Crippen LogP contribution in [-0.4, -0.2) is 22.1 Å². The number of hydrogen-bond donors (Lipinski definition) is 0. The van der Waals surface area contributed by atoms with Crippen LogP contribution >= 0.6 is 0 Å². The predicted octanol–water partition coefficient (Wildman–Crippen LogP) is 1.68. The maximum Gasteiger partial charge on any atom is 0.233 e. The summed E-state index contributed by atoms with van der Waals surface area (Å²) in [5.74, 6) is 0.893. The minimum atomic E-state index is 0.125. The highest BCUT2D eigenvalue weighted by Crippen LogP contribution is 2.19. The van der Waals surface area contributed by atoms with E-state index in [0.717, 1.165) is 18.5 Å². The molecule has 1 aromatic rings. The van der Waals surface area contributed by atoms with E-state index < -0.39 is 0 Å². The summed E-state index contributed by atoms with van der Waals surface area (Å²) >= 11 is 0. The number of nitrogens with zero attached hydrogens (tertiary/aromatic N) is 2. The van der Waals surface area contributed by atoms with Gasteiger partial charge in [0.2, 0.25) is 5.88 Å². The second kappa shape index (κ2) is 4.38. The highest BCUT2D eigenvalue weighted by molar-refractivity contribution is 5.79. The molecule has 0 N–H and O–H groups in total. The Morgan fingerprint density at radius 2 is 2.00 bits per heavy atom. The molecular formula is C11H14N2O2. The van der Waals surface area contributed by atoms with Crippen LogP contribution in [-0.2, 0) is 4.79 Å². The Morgan fingerprint density at radius 3 is 2.60 bits per heavy atom. The zero-order valence-electron chi connectivity index (χ0n) is 8.77. The minimum Gasteiger partial charge on any atom is -0.473 e. The summed E-state index contributed by atoms with van der Waals surface area (Å²) in [6.07, 6.45) is 2.98. The number of rotatable bonds is 2. The molecule has 1 aliphatic rings. The van der Waals surface area contributed by atoms with Crippen molar-refractivity contribution < 1.29 is 9.53 Å². The number of ketones is 1. The monoisotopic (exact) mass is 206 g/mol. The largest absolute Gasteiger partial charge is 0.473 e. The molecule has 1 saturated carbocycles. The third-order valence-electron chi connectivity index (χ3n) is 2.55. The summed E-state index contributed by atoms with van der Waals surface area (Å²) in [6, 6.07) is 3.69. The van der Waals surface area contributed by atoms with E-state index in [2.05, 4.69) is 10.2 Å². The molecule has 4 heteroatoms. The Morgan fingerprint density at radius 1 is 1.27 bits per heavy atom. The van der Waals surface area contributed by atoms with Crippen molar-refractivity contribution in [1.29, 1.82) is 0 Å². The quantitative estimate of drug-likeness (QED) is 0.738. The van der Waals surface area contributed by atoms with Gasteiger partial charge in [-0.05, 0) is 25.8 Å². The molecule has 80 valence electrons. The van der Waals surface area contributed by atoms with Crippen LogP contribution in [0.15, 0.2) is 12.1 Å². The van der Waals surface area contributed by atoms with Crippen molar-refractivity contribution in [3.05, 3.63) is 17.8 Å². The van der Waals surface area contributed by atoms with Crippen molar-refractivity contribution in [2.24, 2.45) is 0 Å². The Bertz CT molecular complexity index is 338. The van der Waals surface area contributed by atoms with Gasteiger partial charge in [-0.2, -0.15) is 5.10 Å². The number of carbonyl (C=O) groups excluding carboxylic acids is 1. The van der Waals surface area contributed by atoms with Gasteiger partial charge in [-0.3, -0.25) is 4.79 Å². The van der Waals surface area contributed by atoms with E-state index in [-0.39, 0.29) is 6.10 Å². The average molecular weight is 206 g/mol. The molecule has 2 rings (SSSR count). The van der Waals surface area contributed by atoms with Gasteiger partial charge < -0.3 is 4.74 Å². The molecule has 15 heavy (non-hydrogen) atoms. The lowest BCUT2D eigenvalue weighted by Crippen LogP contribution is -2.24. The van der Waals surface area contributed by atoms with Crippen LogP contribution in [0.4, 0.5) is 0 Å². The summed E-state index contributed by atoms with van der Waals surface area (Å²) in [4.78, 5) is 11.0.